The second kappa shape index (κ2) is 19.9. The number of amides is 3. The van der Waals surface area contributed by atoms with Crippen LogP contribution in [0.15, 0.2) is 88.0 Å². The van der Waals surface area contributed by atoms with Gasteiger partial charge in [0.05, 0.1) is 29.3 Å². The molecule has 1 saturated carbocycles. The number of hydrogen-bond acceptors (Lipinski definition) is 10. The van der Waals surface area contributed by atoms with Gasteiger partial charge in [-0.05, 0) is 66.5 Å². The summed E-state index contributed by atoms with van der Waals surface area (Å²) in [6, 6.07) is 17.7. The van der Waals surface area contributed by atoms with E-state index < -0.39 is 40.1 Å². The Balaban J connectivity index is 1.57. The Kier molecular flexibility index (Phi) is 15.4. The Hall–Kier alpha value is -4.93. The van der Waals surface area contributed by atoms with Crippen LogP contribution in [-0.2, 0) is 34.3 Å². The van der Waals surface area contributed by atoms with Crippen molar-refractivity contribution in [3.8, 4) is 0 Å². The number of amidine groups is 1. The number of rotatable bonds is 19. The topological polar surface area (TPSA) is 220 Å². The summed E-state index contributed by atoms with van der Waals surface area (Å²) in [5.41, 5.74) is 7.78. The zero-order valence-electron chi connectivity index (χ0n) is 31.0. The SMILES string of the molecule is CC[C@H](C)[C@H](NC(=O)N(C)Cc1cccc(C(N)=NO)n1)C(=O)N[C@@H](Cc1ccccc1)[C@H](O)CN(CC1CCCC1)S(=O)(=O)c1ccc(CN=O)cc1. The van der Waals surface area contributed by atoms with Gasteiger partial charge in [0.1, 0.15) is 18.3 Å². The van der Waals surface area contributed by atoms with E-state index in [1.165, 1.54) is 21.3 Å². The third kappa shape index (κ3) is 11.5. The van der Waals surface area contributed by atoms with Gasteiger partial charge in [-0.15, -0.1) is 0 Å². The molecule has 16 heteroatoms. The van der Waals surface area contributed by atoms with Crippen LogP contribution in [0.3, 0.4) is 0 Å². The van der Waals surface area contributed by atoms with Crippen LogP contribution in [0.1, 0.15) is 68.5 Å². The molecule has 2 aromatic carbocycles. The molecule has 6 N–H and O–H groups in total. The van der Waals surface area contributed by atoms with Gasteiger partial charge in [0.2, 0.25) is 15.9 Å². The first-order chi connectivity index (χ1) is 25.9. The monoisotopic (exact) mass is 764 g/mol. The summed E-state index contributed by atoms with van der Waals surface area (Å²) < 4.78 is 29.5. The zero-order chi connectivity index (χ0) is 39.3. The molecule has 0 bridgehead atoms. The molecule has 4 rings (SSSR count). The normalized spacial score (nSPS) is 16.0. The van der Waals surface area contributed by atoms with Gasteiger partial charge in [0, 0.05) is 20.1 Å². The van der Waals surface area contributed by atoms with E-state index in [1.54, 1.807) is 37.4 Å². The van der Waals surface area contributed by atoms with Crippen LogP contribution in [0.5, 0.6) is 0 Å². The minimum Gasteiger partial charge on any atom is -0.409 e. The van der Waals surface area contributed by atoms with Crippen LogP contribution < -0.4 is 16.4 Å². The van der Waals surface area contributed by atoms with E-state index in [-0.39, 0.29) is 60.9 Å². The molecule has 0 radical (unpaired) electrons. The third-order valence-electron chi connectivity index (χ3n) is 9.92. The fourth-order valence-corrected chi connectivity index (χ4v) is 8.06. The maximum Gasteiger partial charge on any atom is 0.318 e. The van der Waals surface area contributed by atoms with Crippen molar-refractivity contribution < 1.29 is 28.3 Å². The van der Waals surface area contributed by atoms with Crippen molar-refractivity contribution in [2.45, 2.75) is 88.5 Å². The van der Waals surface area contributed by atoms with Crippen molar-refractivity contribution in [2.24, 2.45) is 27.9 Å². The van der Waals surface area contributed by atoms with Crippen LogP contribution in [0.25, 0.3) is 0 Å². The smallest absolute Gasteiger partial charge is 0.318 e. The van der Waals surface area contributed by atoms with Gasteiger partial charge >= 0.3 is 6.03 Å². The minimum atomic E-state index is -4.09. The molecule has 0 spiro atoms. The van der Waals surface area contributed by atoms with Gasteiger partial charge in [-0.1, -0.05) is 92.0 Å². The number of carbonyl (C=O) groups excluding carboxylic acids is 2. The van der Waals surface area contributed by atoms with Crippen molar-refractivity contribution in [1.82, 2.24) is 24.8 Å². The number of nitrogens with two attached hydrogens (primary N) is 1. The largest absolute Gasteiger partial charge is 0.409 e. The lowest BCUT2D eigenvalue weighted by Crippen LogP contribution is -2.58. The summed E-state index contributed by atoms with van der Waals surface area (Å²) in [6.07, 6.45) is 3.15. The molecular formula is C38H52N8O7S. The first-order valence-corrected chi connectivity index (χ1v) is 19.7. The molecule has 0 saturated heterocycles. The molecule has 1 aromatic heterocycles. The predicted octanol–water partition coefficient (Wildman–Crippen LogP) is 3.97. The maximum absolute atomic E-state index is 14.1. The number of oxime groups is 1. The van der Waals surface area contributed by atoms with Crippen molar-refractivity contribution >= 4 is 27.8 Å². The number of carbonyl (C=O) groups is 2. The number of hydrogen-bond donors (Lipinski definition) is 5. The molecule has 1 aliphatic carbocycles. The molecule has 1 aliphatic rings. The quantitative estimate of drug-likeness (QED) is 0.0392. The lowest BCUT2D eigenvalue weighted by atomic mass is 9.96. The Morgan fingerprint density at radius 2 is 1.69 bits per heavy atom. The highest BCUT2D eigenvalue weighted by Gasteiger charge is 2.35. The first-order valence-electron chi connectivity index (χ1n) is 18.2. The van der Waals surface area contributed by atoms with E-state index in [4.69, 9.17) is 10.9 Å². The molecule has 4 atom stereocenters. The van der Waals surface area contributed by atoms with Crippen molar-refractivity contribution in [1.29, 1.82) is 0 Å². The summed E-state index contributed by atoms with van der Waals surface area (Å²) in [7, 11) is -2.54. The summed E-state index contributed by atoms with van der Waals surface area (Å²) in [5, 5.41) is 32.5. The number of benzene rings is 2. The van der Waals surface area contributed by atoms with Crippen molar-refractivity contribution in [3.05, 3.63) is 100 Å². The molecule has 3 aromatic rings. The minimum absolute atomic E-state index is 0.0292. The molecule has 1 heterocycles. The average Bonchev–Trinajstić information content (AvgIpc) is 3.69. The van der Waals surface area contributed by atoms with E-state index in [9.17, 15) is 28.0 Å². The van der Waals surface area contributed by atoms with Gasteiger partial charge in [-0.2, -0.15) is 9.21 Å². The highest BCUT2D eigenvalue weighted by Crippen LogP contribution is 2.28. The third-order valence-corrected chi connectivity index (χ3v) is 11.8. The van der Waals surface area contributed by atoms with Gasteiger partial charge < -0.3 is 31.6 Å². The lowest BCUT2D eigenvalue weighted by Gasteiger charge is -2.33. The molecule has 1 fully saturated rings. The summed E-state index contributed by atoms with van der Waals surface area (Å²) in [4.78, 5) is 44.0. The number of nitrogens with zero attached hydrogens (tertiary/aromatic N) is 5. The van der Waals surface area contributed by atoms with Gasteiger partial charge in [-0.25, -0.2) is 18.2 Å². The zero-order valence-corrected chi connectivity index (χ0v) is 31.9. The van der Waals surface area contributed by atoms with Crippen LogP contribution in [0.4, 0.5) is 4.79 Å². The molecule has 3 amide bonds. The Labute approximate surface area is 317 Å². The number of aliphatic hydroxyl groups is 1. The van der Waals surface area contributed by atoms with E-state index in [0.717, 1.165) is 31.2 Å². The van der Waals surface area contributed by atoms with Crippen molar-refractivity contribution in [3.63, 3.8) is 0 Å². The van der Waals surface area contributed by atoms with E-state index in [2.05, 4.69) is 26.0 Å². The summed E-state index contributed by atoms with van der Waals surface area (Å²) in [5.74, 6) is -0.891. The fourth-order valence-electron chi connectivity index (χ4n) is 6.52. The summed E-state index contributed by atoms with van der Waals surface area (Å²) >= 11 is 0. The van der Waals surface area contributed by atoms with Crippen LogP contribution >= 0.6 is 0 Å². The predicted molar refractivity (Wildman–Crippen MR) is 205 cm³/mol. The number of sulfonamides is 1. The van der Waals surface area contributed by atoms with Crippen LogP contribution in [0.2, 0.25) is 0 Å². The van der Waals surface area contributed by atoms with E-state index in [0.29, 0.717) is 17.7 Å². The van der Waals surface area contributed by atoms with Gasteiger partial charge in [0.25, 0.3) is 0 Å². The van der Waals surface area contributed by atoms with E-state index in [1.807, 2.05) is 44.2 Å². The molecule has 54 heavy (non-hydrogen) atoms. The van der Waals surface area contributed by atoms with E-state index >= 15 is 0 Å². The standard InChI is InChI=1S/C38H52N8O7S/c1-4-26(2)35(43-38(49)45(3)24-30-15-10-16-32(41-30)36(39)44-51)37(48)42-33(21-27-11-6-5-7-12-27)34(47)25-46(23-29-13-8-9-14-29)54(52,53)31-19-17-28(18-20-31)22-40-50/h5-7,10-12,15-20,26,29,33-35,47,51H,4,8-9,13-14,21-25H2,1-3H3,(H2,39,44)(H,42,48)(H,43,49)/t26-,33-,34+,35-/m0/s1. The fraction of sp³-hybridized carbons (Fsp3) is 0.474. The highest BCUT2D eigenvalue weighted by molar-refractivity contribution is 7.89. The second-order valence-corrected chi connectivity index (χ2v) is 15.9. The molecular weight excluding hydrogens is 713 g/mol. The van der Waals surface area contributed by atoms with Crippen LogP contribution in [-0.4, -0.2) is 89.0 Å². The second-order valence-electron chi connectivity index (χ2n) is 13.9. The van der Waals surface area contributed by atoms with Crippen LogP contribution in [0, 0.1) is 16.7 Å². The number of nitrogens with one attached hydrogen (secondary N) is 2. The number of urea groups is 1. The number of aromatic nitrogens is 1. The Bertz CT molecular complexity index is 1820. The molecule has 0 aliphatic heterocycles. The highest BCUT2D eigenvalue weighted by atomic mass is 32.2. The Morgan fingerprint density at radius 1 is 1.00 bits per heavy atom. The van der Waals surface area contributed by atoms with Gasteiger partial charge in [-0.3, -0.25) is 4.79 Å². The number of pyridine rings is 1. The average molecular weight is 765 g/mol. The van der Waals surface area contributed by atoms with Gasteiger partial charge in [0.15, 0.2) is 5.84 Å². The molecule has 292 valence electrons. The Morgan fingerprint density at radius 3 is 2.31 bits per heavy atom. The van der Waals surface area contributed by atoms with Crippen molar-refractivity contribution in [2.75, 3.05) is 20.1 Å². The lowest BCUT2D eigenvalue weighted by molar-refractivity contribution is -0.125. The summed E-state index contributed by atoms with van der Waals surface area (Å²) in [6.45, 7) is 3.63. The number of aliphatic hydroxyl groups excluding tert-OH is 1. The first kappa shape index (κ1) is 41.8. The number of nitroso groups, excluding NO2 is 1. The molecule has 15 nitrogen and oxygen atoms in total. The molecule has 0 unspecified atom stereocenters. The maximum atomic E-state index is 14.1.